The largest absolute Gasteiger partial charge is 0.341 e. The molecule has 0 radical (unpaired) electrons. The summed E-state index contributed by atoms with van der Waals surface area (Å²) in [5.74, 6) is 1.68. The summed E-state index contributed by atoms with van der Waals surface area (Å²) in [5, 5.41) is 0. The van der Waals surface area contributed by atoms with Crippen LogP contribution < -0.4 is 0 Å². The lowest BCUT2D eigenvalue weighted by molar-refractivity contribution is -0.132. The summed E-state index contributed by atoms with van der Waals surface area (Å²) in [6.07, 6.45) is 6.60. The number of likely N-dealkylation sites (tertiary alicyclic amines) is 1. The molecule has 144 valence electrons. The molecule has 1 saturated carbocycles. The second-order valence-electron chi connectivity index (χ2n) is 8.48. The van der Waals surface area contributed by atoms with Crippen LogP contribution in [-0.4, -0.2) is 38.4 Å². The fourth-order valence-corrected chi connectivity index (χ4v) is 4.76. The molecular formula is C23H26N4O. The van der Waals surface area contributed by atoms with Crippen LogP contribution in [0.15, 0.2) is 48.8 Å². The number of rotatable bonds is 4. The second kappa shape index (κ2) is 6.43. The maximum atomic E-state index is 13.4. The molecule has 1 aromatic carbocycles. The number of aromatic nitrogens is 3. The molecule has 2 aliphatic rings. The zero-order valence-electron chi connectivity index (χ0n) is 16.5. The van der Waals surface area contributed by atoms with Gasteiger partial charge in [-0.25, -0.2) is 4.98 Å². The van der Waals surface area contributed by atoms with E-state index in [0.717, 1.165) is 49.2 Å². The molecule has 28 heavy (non-hydrogen) atoms. The molecule has 5 heteroatoms. The molecule has 1 atom stereocenters. The first kappa shape index (κ1) is 17.4. The number of pyridine rings is 1. The molecule has 1 aliphatic carbocycles. The average molecular weight is 374 g/mol. The molecule has 1 saturated heterocycles. The van der Waals surface area contributed by atoms with Gasteiger partial charge in [-0.2, -0.15) is 0 Å². The Morgan fingerprint density at radius 1 is 1.18 bits per heavy atom. The molecule has 2 fully saturated rings. The van der Waals surface area contributed by atoms with Crippen LogP contribution in [0.2, 0.25) is 0 Å². The molecule has 3 aromatic rings. The fraction of sp³-hybridized carbons (Fsp3) is 0.435. The van der Waals surface area contributed by atoms with Crippen molar-refractivity contribution in [2.45, 2.75) is 50.5 Å². The maximum Gasteiger partial charge on any atom is 0.233 e. The van der Waals surface area contributed by atoms with E-state index in [9.17, 15) is 4.79 Å². The first-order valence-corrected chi connectivity index (χ1v) is 10.3. The van der Waals surface area contributed by atoms with E-state index >= 15 is 0 Å². The number of carbonyl (C=O) groups is 1. The van der Waals surface area contributed by atoms with Gasteiger partial charge in [0.2, 0.25) is 5.91 Å². The van der Waals surface area contributed by atoms with Gasteiger partial charge in [0.25, 0.3) is 0 Å². The van der Waals surface area contributed by atoms with E-state index in [1.165, 1.54) is 5.56 Å². The van der Waals surface area contributed by atoms with Crippen LogP contribution in [0, 0.1) is 0 Å². The van der Waals surface area contributed by atoms with Gasteiger partial charge in [0.05, 0.1) is 22.6 Å². The van der Waals surface area contributed by atoms with E-state index < -0.39 is 0 Å². The summed E-state index contributed by atoms with van der Waals surface area (Å²) in [7, 11) is 0. The molecular weight excluding hydrogens is 348 g/mol. The van der Waals surface area contributed by atoms with Crippen LogP contribution >= 0.6 is 0 Å². The predicted octanol–water partition coefficient (Wildman–Crippen LogP) is 4.06. The van der Waals surface area contributed by atoms with Crippen LogP contribution in [0.3, 0.4) is 0 Å². The third-order valence-corrected chi connectivity index (χ3v) is 6.36. The fourth-order valence-electron chi connectivity index (χ4n) is 4.76. The molecule has 0 bridgehead atoms. The molecule has 5 nitrogen and oxygen atoms in total. The van der Waals surface area contributed by atoms with Crippen LogP contribution in [0.4, 0.5) is 0 Å². The Balaban J connectivity index is 1.42. The maximum absolute atomic E-state index is 13.4. The normalized spacial score (nSPS) is 20.8. The standard InChI is InChI=1S/C23H26N4O/c1-16(2)27-20-14-24-12-8-19(20)25-21(27)17-9-13-26(15-17)22(28)23(10-11-23)18-6-4-3-5-7-18/h3-8,12,14,16-17H,9-11,13,15H2,1-2H3/t17-/m0/s1. The highest BCUT2D eigenvalue weighted by Gasteiger charge is 2.53. The molecule has 3 heterocycles. The van der Waals surface area contributed by atoms with Gasteiger partial charge in [-0.15, -0.1) is 0 Å². The summed E-state index contributed by atoms with van der Waals surface area (Å²) in [6.45, 7) is 5.95. The number of amides is 1. The van der Waals surface area contributed by atoms with Crippen molar-refractivity contribution in [3.05, 3.63) is 60.2 Å². The van der Waals surface area contributed by atoms with Gasteiger partial charge in [-0.05, 0) is 44.7 Å². The highest BCUT2D eigenvalue weighted by molar-refractivity contribution is 5.91. The van der Waals surface area contributed by atoms with Gasteiger partial charge < -0.3 is 9.47 Å². The van der Waals surface area contributed by atoms with E-state index in [2.05, 4.69) is 40.4 Å². The van der Waals surface area contributed by atoms with Gasteiger partial charge in [0.1, 0.15) is 5.82 Å². The van der Waals surface area contributed by atoms with E-state index in [4.69, 9.17) is 4.98 Å². The number of carbonyl (C=O) groups excluding carboxylic acids is 1. The number of imidazole rings is 1. The summed E-state index contributed by atoms with van der Waals surface area (Å²) in [5.41, 5.74) is 2.97. The topological polar surface area (TPSA) is 51.0 Å². The first-order valence-electron chi connectivity index (χ1n) is 10.3. The lowest BCUT2D eigenvalue weighted by Gasteiger charge is -2.24. The average Bonchev–Trinajstić information content (AvgIpc) is 3.21. The van der Waals surface area contributed by atoms with E-state index in [-0.39, 0.29) is 11.3 Å². The third kappa shape index (κ3) is 2.64. The van der Waals surface area contributed by atoms with Gasteiger partial charge in [0.15, 0.2) is 0 Å². The van der Waals surface area contributed by atoms with Crippen molar-refractivity contribution < 1.29 is 4.79 Å². The van der Waals surface area contributed by atoms with Crippen molar-refractivity contribution in [1.82, 2.24) is 19.4 Å². The number of hydrogen-bond acceptors (Lipinski definition) is 3. The molecule has 0 N–H and O–H groups in total. The van der Waals surface area contributed by atoms with E-state index in [1.807, 2.05) is 30.5 Å². The minimum atomic E-state index is -0.280. The number of benzene rings is 1. The molecule has 2 aromatic heterocycles. The number of fused-ring (bicyclic) bond motifs is 1. The Labute approximate surface area is 165 Å². The zero-order chi connectivity index (χ0) is 19.3. The Morgan fingerprint density at radius 3 is 2.68 bits per heavy atom. The van der Waals surface area contributed by atoms with Crippen LogP contribution in [-0.2, 0) is 10.2 Å². The summed E-state index contributed by atoms with van der Waals surface area (Å²) < 4.78 is 2.30. The van der Waals surface area contributed by atoms with Gasteiger partial charge in [0, 0.05) is 31.2 Å². The Kier molecular flexibility index (Phi) is 4.00. The highest BCUT2D eigenvalue weighted by atomic mass is 16.2. The van der Waals surface area contributed by atoms with Gasteiger partial charge >= 0.3 is 0 Å². The molecule has 5 rings (SSSR count). The number of nitrogens with zero attached hydrogens (tertiary/aromatic N) is 4. The monoisotopic (exact) mass is 374 g/mol. The molecule has 0 unspecified atom stereocenters. The van der Waals surface area contributed by atoms with Gasteiger partial charge in [-0.3, -0.25) is 9.78 Å². The Hall–Kier alpha value is -2.69. The minimum absolute atomic E-state index is 0.280. The lowest BCUT2D eigenvalue weighted by atomic mass is 9.94. The predicted molar refractivity (Wildman–Crippen MR) is 109 cm³/mol. The van der Waals surface area contributed by atoms with Crippen molar-refractivity contribution in [2.75, 3.05) is 13.1 Å². The lowest BCUT2D eigenvalue weighted by Crippen LogP contribution is -2.37. The van der Waals surface area contributed by atoms with Crippen LogP contribution in [0.5, 0.6) is 0 Å². The summed E-state index contributed by atoms with van der Waals surface area (Å²) in [4.78, 5) is 24.7. The second-order valence-corrected chi connectivity index (χ2v) is 8.48. The Bertz CT molecular complexity index is 1020. The van der Waals surface area contributed by atoms with E-state index in [0.29, 0.717) is 11.9 Å². The van der Waals surface area contributed by atoms with Crippen molar-refractivity contribution in [3.8, 4) is 0 Å². The van der Waals surface area contributed by atoms with Crippen LogP contribution in [0.25, 0.3) is 11.0 Å². The van der Waals surface area contributed by atoms with Crippen LogP contribution in [0.1, 0.15) is 56.5 Å². The molecule has 0 spiro atoms. The van der Waals surface area contributed by atoms with Crippen molar-refractivity contribution in [3.63, 3.8) is 0 Å². The third-order valence-electron chi connectivity index (χ3n) is 6.36. The summed E-state index contributed by atoms with van der Waals surface area (Å²) >= 11 is 0. The van der Waals surface area contributed by atoms with Gasteiger partial charge in [-0.1, -0.05) is 30.3 Å². The first-order chi connectivity index (χ1) is 13.6. The van der Waals surface area contributed by atoms with Crippen molar-refractivity contribution in [2.24, 2.45) is 0 Å². The number of hydrogen-bond donors (Lipinski definition) is 0. The smallest absolute Gasteiger partial charge is 0.233 e. The Morgan fingerprint density at radius 2 is 1.96 bits per heavy atom. The van der Waals surface area contributed by atoms with Crippen molar-refractivity contribution in [1.29, 1.82) is 0 Å². The highest BCUT2D eigenvalue weighted by Crippen LogP contribution is 2.50. The van der Waals surface area contributed by atoms with Crippen molar-refractivity contribution >= 4 is 16.9 Å². The zero-order valence-corrected chi connectivity index (χ0v) is 16.5. The molecule has 1 aliphatic heterocycles. The van der Waals surface area contributed by atoms with E-state index in [1.54, 1.807) is 6.20 Å². The SMILES string of the molecule is CC(C)n1c([C@H]2CCN(C(=O)C3(c4ccccc4)CC3)C2)nc2ccncc21. The summed E-state index contributed by atoms with van der Waals surface area (Å²) in [6, 6.07) is 12.6. The molecule has 1 amide bonds. The quantitative estimate of drug-likeness (QED) is 0.692. The minimum Gasteiger partial charge on any atom is -0.341 e.